The molecule has 3 aromatic rings. The molecule has 41 heavy (non-hydrogen) atoms. The van der Waals surface area contributed by atoms with Crippen molar-refractivity contribution in [2.24, 2.45) is 15.8 Å². The lowest BCUT2D eigenvalue weighted by atomic mass is 9.91. The normalized spacial score (nSPS) is 17.0. The van der Waals surface area contributed by atoms with Crippen molar-refractivity contribution >= 4 is 56.7 Å². The predicted octanol–water partition coefficient (Wildman–Crippen LogP) is 3.51. The molecule has 214 valence electrons. The van der Waals surface area contributed by atoms with E-state index in [1.807, 2.05) is 42.5 Å². The summed E-state index contributed by atoms with van der Waals surface area (Å²) in [7, 11) is -4.16. The number of nitrogens with zero attached hydrogens (tertiary/aromatic N) is 3. The van der Waals surface area contributed by atoms with E-state index in [1.54, 1.807) is 12.1 Å². The molecule has 3 aromatic carbocycles. The Morgan fingerprint density at radius 1 is 0.976 bits per heavy atom. The molecule has 10 nitrogen and oxygen atoms in total. The lowest BCUT2D eigenvalue weighted by Crippen LogP contribution is -2.47. The van der Waals surface area contributed by atoms with Gasteiger partial charge in [0.25, 0.3) is 10.0 Å². The smallest absolute Gasteiger partial charge is 0.264 e. The van der Waals surface area contributed by atoms with Crippen LogP contribution in [0.3, 0.4) is 0 Å². The predicted molar refractivity (Wildman–Crippen MR) is 159 cm³/mol. The van der Waals surface area contributed by atoms with E-state index in [-0.39, 0.29) is 23.3 Å². The lowest BCUT2D eigenvalue weighted by molar-refractivity contribution is -0.127. The van der Waals surface area contributed by atoms with Crippen LogP contribution in [0.25, 0.3) is 0 Å². The van der Waals surface area contributed by atoms with Gasteiger partial charge >= 0.3 is 0 Å². The summed E-state index contributed by atoms with van der Waals surface area (Å²) in [5, 5.41) is 9.57. The van der Waals surface area contributed by atoms with E-state index in [9.17, 15) is 18.0 Å². The molecule has 0 saturated heterocycles. The third kappa shape index (κ3) is 7.43. The van der Waals surface area contributed by atoms with Crippen molar-refractivity contribution in [3.63, 3.8) is 0 Å². The molecular formula is C28H28Cl2N6O4S. The average Bonchev–Trinajstić information content (AvgIpc) is 3.39. The fourth-order valence-electron chi connectivity index (χ4n) is 4.05. The summed E-state index contributed by atoms with van der Waals surface area (Å²) in [5.74, 6) is -1.79. The summed E-state index contributed by atoms with van der Waals surface area (Å²) in [5.41, 5.74) is 7.66. The number of carbonyl (C=O) groups is 2. The van der Waals surface area contributed by atoms with Crippen molar-refractivity contribution < 1.29 is 18.0 Å². The Hall–Kier alpha value is -3.93. The lowest BCUT2D eigenvalue weighted by Gasteiger charge is -2.21. The number of aliphatic imine (C=N–C) groups is 1. The van der Waals surface area contributed by atoms with Gasteiger partial charge < -0.3 is 11.1 Å². The van der Waals surface area contributed by atoms with Crippen molar-refractivity contribution in [1.82, 2.24) is 15.0 Å². The minimum absolute atomic E-state index is 0.0604. The molecule has 1 aliphatic rings. The van der Waals surface area contributed by atoms with Gasteiger partial charge in [-0.25, -0.2) is 23.1 Å². The van der Waals surface area contributed by atoms with Crippen molar-refractivity contribution in [2.45, 2.75) is 36.7 Å². The SMILES string of the molecule is C[C@H](N=C(NS(=O)(=O)c1ccc(Cl)cc1)N1CC(c2ccccc2)C(c2ccc(Cl)cc2)=N1)C(=O)N[C@@H](C)C(N)=O. The molecule has 1 aliphatic heterocycles. The molecule has 1 heterocycles. The standard InChI is InChI=1S/C28H28Cl2N6O4S/c1-17(26(31)37)32-27(38)18(2)33-28(35-41(39,40)23-14-12-22(30)13-15-23)36-16-24(19-6-4-3-5-7-19)25(34-36)20-8-10-21(29)11-9-20/h3-15,17-18,24H,16H2,1-2H3,(H2,31,37)(H,32,38)(H,33,35)/t17-,18-,24?/m0/s1. The number of nitrogens with one attached hydrogen (secondary N) is 2. The number of halogens is 2. The molecule has 4 N–H and O–H groups in total. The van der Waals surface area contributed by atoms with Crippen molar-refractivity contribution in [2.75, 3.05) is 6.54 Å². The molecule has 4 rings (SSSR count). The topological polar surface area (TPSA) is 146 Å². The van der Waals surface area contributed by atoms with Crippen LogP contribution < -0.4 is 15.8 Å². The second-order valence-corrected chi connectivity index (χ2v) is 11.9. The van der Waals surface area contributed by atoms with Gasteiger partial charge in [0, 0.05) is 16.0 Å². The van der Waals surface area contributed by atoms with Crippen LogP contribution in [-0.2, 0) is 19.6 Å². The number of nitrogens with two attached hydrogens (primary N) is 1. The summed E-state index contributed by atoms with van der Waals surface area (Å²) in [6, 6.07) is 20.3. The third-order valence-electron chi connectivity index (χ3n) is 6.33. The highest BCUT2D eigenvalue weighted by molar-refractivity contribution is 7.90. The van der Waals surface area contributed by atoms with Gasteiger partial charge in [-0.1, -0.05) is 65.7 Å². The zero-order chi connectivity index (χ0) is 29.7. The first kappa shape index (κ1) is 30.0. The van der Waals surface area contributed by atoms with E-state index in [0.717, 1.165) is 11.1 Å². The monoisotopic (exact) mass is 614 g/mol. The number of sulfonamides is 1. The number of hydrazone groups is 1. The molecule has 13 heteroatoms. The number of guanidine groups is 1. The molecular weight excluding hydrogens is 587 g/mol. The number of benzene rings is 3. The summed E-state index contributed by atoms with van der Waals surface area (Å²) in [6.45, 7) is 3.12. The minimum atomic E-state index is -4.16. The summed E-state index contributed by atoms with van der Waals surface area (Å²) < 4.78 is 29.3. The molecule has 3 atom stereocenters. The average molecular weight is 616 g/mol. The van der Waals surface area contributed by atoms with E-state index in [4.69, 9.17) is 34.0 Å². The Balaban J connectivity index is 1.76. The van der Waals surface area contributed by atoms with Gasteiger partial charge in [-0.15, -0.1) is 0 Å². The van der Waals surface area contributed by atoms with Crippen LogP contribution in [0.2, 0.25) is 10.0 Å². The Morgan fingerprint density at radius 3 is 2.15 bits per heavy atom. The first-order valence-corrected chi connectivity index (χ1v) is 14.8. The molecule has 1 unspecified atom stereocenters. The number of carbonyl (C=O) groups excluding carboxylic acids is 2. The largest absolute Gasteiger partial charge is 0.368 e. The first-order chi connectivity index (χ1) is 19.4. The van der Waals surface area contributed by atoms with Crippen molar-refractivity contribution in [1.29, 1.82) is 0 Å². The Morgan fingerprint density at radius 2 is 1.56 bits per heavy atom. The van der Waals surface area contributed by atoms with E-state index in [1.165, 1.54) is 43.1 Å². The highest BCUT2D eigenvalue weighted by atomic mass is 35.5. The zero-order valence-electron chi connectivity index (χ0n) is 22.2. The van der Waals surface area contributed by atoms with Gasteiger partial charge in [-0.05, 0) is 61.4 Å². The molecule has 0 bridgehead atoms. The molecule has 0 spiro atoms. The summed E-state index contributed by atoms with van der Waals surface area (Å²) in [4.78, 5) is 28.6. The number of hydrogen-bond acceptors (Lipinski definition) is 6. The number of hydrogen-bond donors (Lipinski definition) is 3. The molecule has 2 amide bonds. The Bertz CT molecular complexity index is 1580. The number of rotatable bonds is 8. The van der Waals surface area contributed by atoms with Gasteiger partial charge in [0.05, 0.1) is 17.2 Å². The maximum atomic E-state index is 13.4. The van der Waals surface area contributed by atoms with Crippen LogP contribution >= 0.6 is 23.2 Å². The van der Waals surface area contributed by atoms with E-state index < -0.39 is 33.9 Å². The second kappa shape index (κ2) is 12.7. The van der Waals surface area contributed by atoms with Gasteiger partial charge in [-0.2, -0.15) is 5.10 Å². The minimum Gasteiger partial charge on any atom is -0.368 e. The number of amides is 2. The van der Waals surface area contributed by atoms with Crippen LogP contribution in [0.15, 0.2) is 93.9 Å². The highest BCUT2D eigenvalue weighted by Gasteiger charge is 2.34. The van der Waals surface area contributed by atoms with Crippen LogP contribution in [0.5, 0.6) is 0 Å². The first-order valence-electron chi connectivity index (χ1n) is 12.6. The highest BCUT2D eigenvalue weighted by Crippen LogP contribution is 2.30. The Kier molecular flexibility index (Phi) is 9.31. The van der Waals surface area contributed by atoms with Crippen LogP contribution in [0.4, 0.5) is 0 Å². The molecule has 0 saturated carbocycles. The Labute approximate surface area is 248 Å². The summed E-state index contributed by atoms with van der Waals surface area (Å²) >= 11 is 12.1. The van der Waals surface area contributed by atoms with Crippen molar-refractivity contribution in [3.05, 3.63) is 100 Å². The van der Waals surface area contributed by atoms with E-state index in [0.29, 0.717) is 15.8 Å². The van der Waals surface area contributed by atoms with Gasteiger partial charge in [0.2, 0.25) is 17.8 Å². The van der Waals surface area contributed by atoms with E-state index >= 15 is 0 Å². The van der Waals surface area contributed by atoms with Gasteiger partial charge in [0.1, 0.15) is 12.1 Å². The van der Waals surface area contributed by atoms with Gasteiger partial charge in [0.15, 0.2) is 0 Å². The second-order valence-electron chi connectivity index (χ2n) is 9.36. The molecule has 0 radical (unpaired) electrons. The van der Waals surface area contributed by atoms with Crippen molar-refractivity contribution in [3.8, 4) is 0 Å². The van der Waals surface area contributed by atoms with Crippen LogP contribution in [0.1, 0.15) is 30.9 Å². The third-order valence-corrected chi connectivity index (χ3v) is 8.18. The zero-order valence-corrected chi connectivity index (χ0v) is 24.5. The van der Waals surface area contributed by atoms with E-state index in [2.05, 4.69) is 15.0 Å². The quantitative estimate of drug-likeness (QED) is 0.262. The molecule has 0 aliphatic carbocycles. The molecule has 0 aromatic heterocycles. The maximum Gasteiger partial charge on any atom is 0.264 e. The fourth-order valence-corrected chi connectivity index (χ4v) is 5.31. The van der Waals surface area contributed by atoms with Crippen LogP contribution in [-0.4, -0.2) is 55.5 Å². The number of primary amides is 1. The van der Waals surface area contributed by atoms with Gasteiger partial charge in [-0.3, -0.25) is 9.59 Å². The fraction of sp³-hybridized carbons (Fsp3) is 0.214. The maximum absolute atomic E-state index is 13.4. The molecule has 0 fully saturated rings. The van der Waals surface area contributed by atoms with Crippen LogP contribution in [0, 0.1) is 0 Å². The summed E-state index contributed by atoms with van der Waals surface area (Å²) in [6.07, 6.45) is 0.